The second kappa shape index (κ2) is 9.29. The summed E-state index contributed by atoms with van der Waals surface area (Å²) in [6.45, 7) is 5.34. The molecular formula is C26H23BrClNO2. The zero-order valence-electron chi connectivity index (χ0n) is 17.4. The van der Waals surface area contributed by atoms with Gasteiger partial charge in [-0.1, -0.05) is 71.7 Å². The molecule has 3 nitrogen and oxygen atoms in total. The number of rotatable bonds is 6. The zero-order chi connectivity index (χ0) is 22.0. The molecule has 0 radical (unpaired) electrons. The number of nitrogens with zero attached hydrogens (tertiary/aromatic N) is 1. The minimum atomic E-state index is 0.0264. The Morgan fingerprint density at radius 2 is 1.81 bits per heavy atom. The summed E-state index contributed by atoms with van der Waals surface area (Å²) in [5.74, 6) is 1.12. The Bertz CT molecular complexity index is 1140. The van der Waals surface area contributed by atoms with Crippen LogP contribution in [0.25, 0.3) is 11.6 Å². The first-order valence-corrected chi connectivity index (χ1v) is 11.4. The molecule has 0 saturated heterocycles. The van der Waals surface area contributed by atoms with Crippen LogP contribution in [0.2, 0.25) is 5.02 Å². The minimum Gasteiger partial charge on any atom is -0.488 e. The molecule has 0 bridgehead atoms. The number of anilines is 1. The van der Waals surface area contributed by atoms with E-state index < -0.39 is 0 Å². The highest BCUT2D eigenvalue weighted by molar-refractivity contribution is 9.10. The van der Waals surface area contributed by atoms with Crippen molar-refractivity contribution < 1.29 is 9.53 Å². The fourth-order valence-electron chi connectivity index (χ4n) is 3.65. The molecule has 5 heteroatoms. The van der Waals surface area contributed by atoms with Crippen LogP contribution in [0.3, 0.4) is 0 Å². The van der Waals surface area contributed by atoms with Gasteiger partial charge < -0.3 is 9.64 Å². The lowest BCUT2D eigenvalue weighted by molar-refractivity contribution is -0.113. The molecule has 1 heterocycles. The van der Waals surface area contributed by atoms with E-state index in [9.17, 15) is 4.79 Å². The highest BCUT2D eigenvalue weighted by Gasteiger charge is 2.32. The third-order valence-corrected chi connectivity index (χ3v) is 5.83. The Labute approximate surface area is 196 Å². The fourth-order valence-corrected chi connectivity index (χ4v) is 4.16. The summed E-state index contributed by atoms with van der Waals surface area (Å²) in [7, 11) is 0. The van der Waals surface area contributed by atoms with Crippen LogP contribution in [0.15, 0.2) is 71.2 Å². The molecule has 0 aromatic heterocycles. The van der Waals surface area contributed by atoms with E-state index in [0.29, 0.717) is 29.7 Å². The first kappa shape index (κ1) is 21.7. The van der Waals surface area contributed by atoms with Gasteiger partial charge in [0, 0.05) is 32.7 Å². The number of hydrogen-bond donors (Lipinski definition) is 0. The van der Waals surface area contributed by atoms with Crippen LogP contribution in [0.5, 0.6) is 5.75 Å². The molecule has 0 fully saturated rings. The summed E-state index contributed by atoms with van der Waals surface area (Å²) in [5, 5.41) is 0.696. The van der Waals surface area contributed by atoms with Gasteiger partial charge in [0.2, 0.25) is 0 Å². The molecule has 1 aliphatic heterocycles. The number of amides is 1. The van der Waals surface area contributed by atoms with Gasteiger partial charge >= 0.3 is 0 Å². The predicted molar refractivity (Wildman–Crippen MR) is 131 cm³/mol. The maximum atomic E-state index is 13.3. The summed E-state index contributed by atoms with van der Waals surface area (Å²) in [6, 6.07) is 21.4. The average Bonchev–Trinajstić information content (AvgIpc) is 3.00. The van der Waals surface area contributed by atoms with Crippen molar-refractivity contribution in [2.24, 2.45) is 5.92 Å². The molecule has 3 aromatic carbocycles. The lowest BCUT2D eigenvalue weighted by atomic mass is 10.0. The SMILES string of the molecule is CC(C)CN1C(=O)/C(=C\c2cc(Br)ccc2OCc2ccc(Cl)cc2)c2ccccc21. The maximum Gasteiger partial charge on any atom is 0.259 e. The lowest BCUT2D eigenvalue weighted by Gasteiger charge is -2.19. The van der Waals surface area contributed by atoms with Gasteiger partial charge in [0.15, 0.2) is 0 Å². The molecule has 1 amide bonds. The second-order valence-corrected chi connectivity index (χ2v) is 9.33. The average molecular weight is 497 g/mol. The maximum absolute atomic E-state index is 13.3. The molecule has 0 atom stereocenters. The van der Waals surface area contributed by atoms with E-state index in [-0.39, 0.29) is 5.91 Å². The largest absolute Gasteiger partial charge is 0.488 e. The number of ether oxygens (including phenoxy) is 1. The highest BCUT2D eigenvalue weighted by atomic mass is 79.9. The number of para-hydroxylation sites is 1. The number of carbonyl (C=O) groups is 1. The normalized spacial score (nSPS) is 14.4. The van der Waals surface area contributed by atoms with Gasteiger partial charge in [-0.3, -0.25) is 4.79 Å². The van der Waals surface area contributed by atoms with E-state index in [0.717, 1.165) is 32.6 Å². The van der Waals surface area contributed by atoms with Crippen LogP contribution >= 0.6 is 27.5 Å². The van der Waals surface area contributed by atoms with Gasteiger partial charge in [-0.15, -0.1) is 0 Å². The summed E-state index contributed by atoms with van der Waals surface area (Å²) >= 11 is 9.52. The van der Waals surface area contributed by atoms with Gasteiger partial charge in [-0.2, -0.15) is 0 Å². The van der Waals surface area contributed by atoms with Crippen LogP contribution in [0, 0.1) is 5.92 Å². The van der Waals surface area contributed by atoms with E-state index in [1.54, 1.807) is 0 Å². The smallest absolute Gasteiger partial charge is 0.259 e. The molecule has 4 rings (SSSR count). The van der Waals surface area contributed by atoms with Crippen molar-refractivity contribution in [3.05, 3.63) is 92.9 Å². The van der Waals surface area contributed by atoms with Crippen molar-refractivity contribution in [2.45, 2.75) is 20.5 Å². The first-order chi connectivity index (χ1) is 14.9. The Morgan fingerprint density at radius 3 is 2.55 bits per heavy atom. The van der Waals surface area contributed by atoms with Gasteiger partial charge in [0.25, 0.3) is 5.91 Å². The molecule has 1 aliphatic rings. The van der Waals surface area contributed by atoms with Gasteiger partial charge in [-0.05, 0) is 54.0 Å². The minimum absolute atomic E-state index is 0.0264. The third-order valence-electron chi connectivity index (χ3n) is 5.09. The van der Waals surface area contributed by atoms with Crippen LogP contribution in [-0.2, 0) is 11.4 Å². The topological polar surface area (TPSA) is 29.5 Å². The first-order valence-electron chi connectivity index (χ1n) is 10.2. The van der Waals surface area contributed by atoms with Crippen molar-refractivity contribution in [1.82, 2.24) is 0 Å². The molecule has 0 unspecified atom stereocenters. The van der Waals surface area contributed by atoms with Crippen LogP contribution < -0.4 is 9.64 Å². The number of fused-ring (bicyclic) bond motifs is 1. The lowest BCUT2D eigenvalue weighted by Crippen LogP contribution is -2.30. The number of benzene rings is 3. The van der Waals surface area contributed by atoms with Crippen molar-refractivity contribution >= 4 is 50.8 Å². The van der Waals surface area contributed by atoms with E-state index in [1.165, 1.54) is 0 Å². The van der Waals surface area contributed by atoms with Gasteiger partial charge in [-0.25, -0.2) is 0 Å². The second-order valence-electron chi connectivity index (χ2n) is 7.98. The van der Waals surface area contributed by atoms with E-state index in [2.05, 4.69) is 29.8 Å². The van der Waals surface area contributed by atoms with E-state index >= 15 is 0 Å². The Balaban J connectivity index is 1.68. The summed E-state index contributed by atoms with van der Waals surface area (Å²) in [6.07, 6.45) is 1.93. The van der Waals surface area contributed by atoms with Crippen LogP contribution in [0.1, 0.15) is 30.5 Å². The van der Waals surface area contributed by atoms with Gasteiger partial charge in [0.1, 0.15) is 12.4 Å². The molecule has 31 heavy (non-hydrogen) atoms. The highest BCUT2D eigenvalue weighted by Crippen LogP contribution is 2.39. The molecule has 0 N–H and O–H groups in total. The molecule has 3 aromatic rings. The molecule has 0 saturated carbocycles. The number of carbonyl (C=O) groups excluding carboxylic acids is 1. The van der Waals surface area contributed by atoms with Crippen LogP contribution in [-0.4, -0.2) is 12.5 Å². The van der Waals surface area contributed by atoms with Crippen molar-refractivity contribution in [1.29, 1.82) is 0 Å². The Hall–Kier alpha value is -2.56. The molecular weight excluding hydrogens is 474 g/mol. The quantitative estimate of drug-likeness (QED) is 0.337. The number of halogens is 2. The standard InChI is InChI=1S/C26H23BrClNO2/c1-17(2)15-29-24-6-4-3-5-22(24)23(26(29)30)14-19-13-20(27)9-12-25(19)31-16-18-7-10-21(28)11-8-18/h3-14,17H,15-16H2,1-2H3/b23-14-. The van der Waals surface area contributed by atoms with Crippen molar-refractivity contribution in [3.63, 3.8) is 0 Å². The number of hydrogen-bond acceptors (Lipinski definition) is 2. The van der Waals surface area contributed by atoms with E-state index in [1.807, 2.05) is 77.7 Å². The van der Waals surface area contributed by atoms with Crippen molar-refractivity contribution in [3.8, 4) is 5.75 Å². The van der Waals surface area contributed by atoms with Crippen LogP contribution in [0.4, 0.5) is 5.69 Å². The third kappa shape index (κ3) is 4.86. The molecule has 0 spiro atoms. The Kier molecular flexibility index (Phi) is 6.49. The van der Waals surface area contributed by atoms with Gasteiger partial charge in [0.05, 0.1) is 5.69 Å². The summed E-state index contributed by atoms with van der Waals surface area (Å²) in [5.41, 5.74) is 4.48. The summed E-state index contributed by atoms with van der Waals surface area (Å²) in [4.78, 5) is 15.2. The Morgan fingerprint density at radius 1 is 1.06 bits per heavy atom. The van der Waals surface area contributed by atoms with Crippen molar-refractivity contribution in [2.75, 3.05) is 11.4 Å². The monoisotopic (exact) mass is 495 g/mol. The predicted octanol–water partition coefficient (Wildman–Crippen LogP) is 7.22. The molecule has 0 aliphatic carbocycles. The molecule has 158 valence electrons. The fraction of sp³-hybridized carbons (Fsp3) is 0.192. The van der Waals surface area contributed by atoms with E-state index in [4.69, 9.17) is 16.3 Å². The zero-order valence-corrected chi connectivity index (χ0v) is 19.8. The summed E-state index contributed by atoms with van der Waals surface area (Å²) < 4.78 is 7.04.